The van der Waals surface area contributed by atoms with E-state index in [9.17, 15) is 4.79 Å². The monoisotopic (exact) mass is 376 g/mol. The molecule has 0 saturated heterocycles. The highest BCUT2D eigenvalue weighted by Gasteiger charge is 2.05. The van der Waals surface area contributed by atoms with Gasteiger partial charge in [-0.3, -0.25) is 4.79 Å². The third-order valence-electron chi connectivity index (χ3n) is 3.72. The maximum atomic E-state index is 11.9. The number of fused-ring (bicyclic) bond motifs is 1. The van der Waals surface area contributed by atoms with Gasteiger partial charge in [0.15, 0.2) is 5.13 Å². The molecule has 0 fully saturated rings. The molecule has 1 amide bonds. The second-order valence-corrected chi connectivity index (χ2v) is 6.72. The Kier molecular flexibility index (Phi) is 4.88. The van der Waals surface area contributed by atoms with Gasteiger partial charge in [-0.15, -0.1) is 0 Å². The van der Waals surface area contributed by atoms with Crippen LogP contribution in [0.15, 0.2) is 72.1 Å². The van der Waals surface area contributed by atoms with Gasteiger partial charge in [-0.2, -0.15) is 10.2 Å². The van der Waals surface area contributed by atoms with Crippen molar-refractivity contribution in [2.75, 3.05) is 11.9 Å². The normalized spacial score (nSPS) is 11.1. The molecule has 0 radical (unpaired) electrons. The van der Waals surface area contributed by atoms with Crippen molar-refractivity contribution in [3.8, 4) is 5.69 Å². The summed E-state index contributed by atoms with van der Waals surface area (Å²) >= 11 is 1.51. The van der Waals surface area contributed by atoms with Crippen molar-refractivity contribution in [1.82, 2.24) is 20.2 Å². The predicted octanol–water partition coefficient (Wildman–Crippen LogP) is 3.04. The number of hydrazone groups is 1. The van der Waals surface area contributed by atoms with E-state index in [1.54, 1.807) is 17.1 Å². The zero-order valence-electron chi connectivity index (χ0n) is 14.2. The minimum Gasteiger partial charge on any atom is -0.352 e. The summed E-state index contributed by atoms with van der Waals surface area (Å²) in [6, 6.07) is 17.6. The number of aromatic nitrogens is 3. The van der Waals surface area contributed by atoms with Crippen LogP contribution in [0.1, 0.15) is 5.56 Å². The molecule has 0 aliphatic heterocycles. The van der Waals surface area contributed by atoms with Crippen LogP contribution in [0.4, 0.5) is 5.13 Å². The lowest BCUT2D eigenvalue weighted by molar-refractivity contribution is -0.119. The molecule has 2 aromatic carbocycles. The second-order valence-electron chi connectivity index (χ2n) is 5.69. The van der Waals surface area contributed by atoms with Crippen LogP contribution in [0.5, 0.6) is 0 Å². The maximum Gasteiger partial charge on any atom is 0.259 e. The summed E-state index contributed by atoms with van der Waals surface area (Å²) in [4.78, 5) is 16.3. The van der Waals surface area contributed by atoms with Crippen molar-refractivity contribution in [2.24, 2.45) is 5.10 Å². The molecule has 134 valence electrons. The molecule has 2 N–H and O–H groups in total. The summed E-state index contributed by atoms with van der Waals surface area (Å²) in [5.41, 5.74) is 5.16. The third kappa shape index (κ3) is 4.18. The van der Waals surface area contributed by atoms with Gasteiger partial charge in [0.2, 0.25) is 0 Å². The van der Waals surface area contributed by atoms with Crippen molar-refractivity contribution in [1.29, 1.82) is 0 Å². The average molecular weight is 376 g/mol. The van der Waals surface area contributed by atoms with Crippen LogP contribution in [0.3, 0.4) is 0 Å². The number of carbonyl (C=O) groups is 1. The summed E-state index contributed by atoms with van der Waals surface area (Å²) < 4.78 is 2.83. The Morgan fingerprint density at radius 3 is 2.81 bits per heavy atom. The smallest absolute Gasteiger partial charge is 0.259 e. The van der Waals surface area contributed by atoms with Crippen LogP contribution < -0.4 is 10.7 Å². The second kappa shape index (κ2) is 7.79. The van der Waals surface area contributed by atoms with E-state index in [0.29, 0.717) is 5.13 Å². The Morgan fingerprint density at radius 2 is 1.96 bits per heavy atom. The topological polar surface area (TPSA) is 84.2 Å². The Balaban J connectivity index is 1.29. The van der Waals surface area contributed by atoms with Gasteiger partial charge in [0.05, 0.1) is 34.9 Å². The fraction of sp³-hybridized carbons (Fsp3) is 0.0526. The van der Waals surface area contributed by atoms with Crippen molar-refractivity contribution in [2.45, 2.75) is 0 Å². The van der Waals surface area contributed by atoms with E-state index < -0.39 is 0 Å². The number of carbonyl (C=O) groups excluding carboxylic acids is 1. The standard InChI is InChI=1S/C19H16N6OS/c26-18(12-20-19-23-16-8-4-5-9-17(16)27-19)24-21-10-14-11-22-25(13-14)15-6-2-1-3-7-15/h1-11,13H,12H2,(H,20,23)(H,24,26)/b21-10-. The minimum atomic E-state index is -0.249. The molecular weight excluding hydrogens is 360 g/mol. The molecule has 4 rings (SSSR count). The van der Waals surface area contributed by atoms with E-state index in [1.807, 2.05) is 60.8 Å². The van der Waals surface area contributed by atoms with Gasteiger partial charge in [0, 0.05) is 11.8 Å². The molecule has 0 unspecified atom stereocenters. The van der Waals surface area contributed by atoms with E-state index in [4.69, 9.17) is 0 Å². The molecule has 7 nitrogen and oxygen atoms in total. The summed E-state index contributed by atoms with van der Waals surface area (Å²) in [5, 5.41) is 12.0. The molecule has 2 heterocycles. The van der Waals surface area contributed by atoms with Crippen LogP contribution in [-0.2, 0) is 4.79 Å². The fourth-order valence-electron chi connectivity index (χ4n) is 2.45. The maximum absolute atomic E-state index is 11.9. The molecule has 0 saturated carbocycles. The fourth-order valence-corrected chi connectivity index (χ4v) is 3.31. The number of thiazole rings is 1. The highest BCUT2D eigenvalue weighted by atomic mass is 32.1. The van der Waals surface area contributed by atoms with Gasteiger partial charge in [0.1, 0.15) is 0 Å². The SMILES string of the molecule is O=C(CNc1nc2ccccc2s1)N/N=C\c1cnn(-c2ccccc2)c1. The number of hydrogen-bond donors (Lipinski definition) is 2. The zero-order valence-corrected chi connectivity index (χ0v) is 15.1. The van der Waals surface area contributed by atoms with Crippen LogP contribution >= 0.6 is 11.3 Å². The minimum absolute atomic E-state index is 0.0977. The van der Waals surface area contributed by atoms with Gasteiger partial charge < -0.3 is 5.32 Å². The molecule has 0 spiro atoms. The van der Waals surface area contributed by atoms with E-state index in [-0.39, 0.29) is 12.5 Å². The third-order valence-corrected chi connectivity index (χ3v) is 4.71. The number of rotatable bonds is 6. The van der Waals surface area contributed by atoms with Crippen LogP contribution in [0, 0.1) is 0 Å². The van der Waals surface area contributed by atoms with Gasteiger partial charge in [-0.25, -0.2) is 15.1 Å². The number of nitrogens with zero attached hydrogens (tertiary/aromatic N) is 4. The van der Waals surface area contributed by atoms with Crippen molar-refractivity contribution < 1.29 is 4.79 Å². The molecular formula is C19H16N6OS. The lowest BCUT2D eigenvalue weighted by atomic mass is 10.3. The predicted molar refractivity (Wildman–Crippen MR) is 107 cm³/mol. The number of para-hydroxylation sites is 2. The summed E-state index contributed by atoms with van der Waals surface area (Å²) in [6.45, 7) is 0.0977. The first-order valence-corrected chi connectivity index (χ1v) is 9.11. The van der Waals surface area contributed by atoms with Crippen molar-refractivity contribution in [3.63, 3.8) is 0 Å². The summed E-state index contributed by atoms with van der Waals surface area (Å²) in [7, 11) is 0. The van der Waals surface area contributed by atoms with E-state index in [1.165, 1.54) is 11.3 Å². The largest absolute Gasteiger partial charge is 0.352 e. The van der Waals surface area contributed by atoms with Gasteiger partial charge in [-0.1, -0.05) is 41.7 Å². The van der Waals surface area contributed by atoms with E-state index in [2.05, 4.69) is 25.9 Å². The summed E-state index contributed by atoms with van der Waals surface area (Å²) in [5.74, 6) is -0.249. The lowest BCUT2D eigenvalue weighted by Crippen LogP contribution is -2.25. The molecule has 2 aromatic heterocycles. The zero-order chi connectivity index (χ0) is 18.5. The molecule has 27 heavy (non-hydrogen) atoms. The summed E-state index contributed by atoms with van der Waals surface area (Å²) in [6.07, 6.45) is 5.08. The van der Waals surface area contributed by atoms with Crippen molar-refractivity contribution in [3.05, 3.63) is 72.6 Å². The average Bonchev–Trinajstić information content (AvgIpc) is 3.34. The first kappa shape index (κ1) is 16.9. The Hall–Kier alpha value is -3.52. The quantitative estimate of drug-likeness (QED) is 0.400. The Morgan fingerprint density at radius 1 is 1.15 bits per heavy atom. The van der Waals surface area contributed by atoms with Crippen LogP contribution in [-0.4, -0.2) is 33.4 Å². The lowest BCUT2D eigenvalue weighted by Gasteiger charge is -2.00. The number of hydrogen-bond acceptors (Lipinski definition) is 6. The van der Waals surface area contributed by atoms with Crippen LogP contribution in [0.25, 0.3) is 15.9 Å². The van der Waals surface area contributed by atoms with E-state index in [0.717, 1.165) is 21.5 Å². The van der Waals surface area contributed by atoms with Crippen molar-refractivity contribution >= 4 is 38.8 Å². The first-order valence-electron chi connectivity index (χ1n) is 8.29. The molecule has 4 aromatic rings. The Bertz CT molecular complexity index is 1050. The first-order chi connectivity index (χ1) is 13.3. The Labute approximate surface area is 159 Å². The number of benzene rings is 2. The number of nitrogens with one attached hydrogen (secondary N) is 2. The van der Waals surface area contributed by atoms with Crippen LogP contribution in [0.2, 0.25) is 0 Å². The number of anilines is 1. The highest BCUT2D eigenvalue weighted by molar-refractivity contribution is 7.22. The van der Waals surface area contributed by atoms with Gasteiger partial charge in [-0.05, 0) is 24.3 Å². The molecule has 0 aliphatic carbocycles. The highest BCUT2D eigenvalue weighted by Crippen LogP contribution is 2.24. The van der Waals surface area contributed by atoms with E-state index >= 15 is 0 Å². The molecule has 0 bridgehead atoms. The number of amides is 1. The molecule has 0 aliphatic rings. The van der Waals surface area contributed by atoms with Gasteiger partial charge >= 0.3 is 0 Å². The van der Waals surface area contributed by atoms with Gasteiger partial charge in [0.25, 0.3) is 5.91 Å². The molecule has 8 heteroatoms. The molecule has 0 atom stereocenters.